The summed E-state index contributed by atoms with van der Waals surface area (Å²) in [6.45, 7) is 4.01. The third kappa shape index (κ3) is 4.95. The number of urea groups is 1. The molecule has 5 amide bonds. The molecule has 0 unspecified atom stereocenters. The van der Waals surface area contributed by atoms with Gasteiger partial charge in [0.25, 0.3) is 23.3 Å². The molecule has 0 radical (unpaired) electrons. The first-order valence-corrected chi connectivity index (χ1v) is 12.5. The van der Waals surface area contributed by atoms with Crippen LogP contribution in [0.3, 0.4) is 0 Å². The van der Waals surface area contributed by atoms with Gasteiger partial charge in [0.2, 0.25) is 0 Å². The number of hydrogen-bond acceptors (Lipinski definition) is 6. The van der Waals surface area contributed by atoms with E-state index in [1.165, 1.54) is 4.68 Å². The number of hydrazine groups is 1. The fourth-order valence-corrected chi connectivity index (χ4v) is 4.85. The van der Waals surface area contributed by atoms with E-state index in [1.54, 1.807) is 24.3 Å². The van der Waals surface area contributed by atoms with Crippen LogP contribution in [-0.2, 0) is 16.1 Å². The lowest BCUT2D eigenvalue weighted by Gasteiger charge is -2.33. The third-order valence-electron chi connectivity index (χ3n) is 7.05. The molecular weight excluding hydrogens is 464 g/mol. The summed E-state index contributed by atoms with van der Waals surface area (Å²) >= 11 is 0. The smallest absolute Gasteiger partial charge is 0.323 e. The zero-order valence-electron chi connectivity index (χ0n) is 20.6. The van der Waals surface area contributed by atoms with Crippen LogP contribution in [0.2, 0.25) is 0 Å². The molecule has 1 aromatic carbocycles. The lowest BCUT2D eigenvalue weighted by atomic mass is 9.77. The fraction of sp³-hybridized carbons (Fsp3) is 0.520. The zero-order chi connectivity index (χ0) is 25.9. The molecular formula is C25H32N6O5. The minimum Gasteiger partial charge on any atom is -0.323 e. The number of carbonyl (C=O) groups is 4. The number of aromatic nitrogens is 2. The quantitative estimate of drug-likeness (QED) is 0.303. The van der Waals surface area contributed by atoms with Crippen LogP contribution >= 0.6 is 0 Å². The maximum absolute atomic E-state index is 13.0. The Labute approximate surface area is 208 Å². The van der Waals surface area contributed by atoms with Crippen LogP contribution in [-0.4, -0.2) is 50.5 Å². The zero-order valence-corrected chi connectivity index (χ0v) is 20.6. The van der Waals surface area contributed by atoms with Crippen LogP contribution in [0.5, 0.6) is 0 Å². The molecule has 192 valence electrons. The highest BCUT2D eigenvalue weighted by Gasteiger charge is 2.52. The maximum atomic E-state index is 13.0. The molecule has 1 aromatic heterocycles. The Morgan fingerprint density at radius 3 is 2.47 bits per heavy atom. The van der Waals surface area contributed by atoms with Crippen molar-refractivity contribution in [2.45, 2.75) is 70.9 Å². The number of nitrogens with zero attached hydrogens (tertiary/aromatic N) is 3. The second-order valence-electron chi connectivity index (χ2n) is 9.72. The van der Waals surface area contributed by atoms with Gasteiger partial charge in [-0.1, -0.05) is 44.9 Å². The molecule has 1 aliphatic heterocycles. The predicted molar refractivity (Wildman–Crippen MR) is 132 cm³/mol. The van der Waals surface area contributed by atoms with Gasteiger partial charge in [-0.2, -0.15) is 5.10 Å². The Balaban J connectivity index is 1.43. The van der Waals surface area contributed by atoms with E-state index >= 15 is 0 Å². The van der Waals surface area contributed by atoms with Crippen molar-refractivity contribution in [2.75, 3.05) is 6.54 Å². The molecule has 1 aliphatic carbocycles. The van der Waals surface area contributed by atoms with E-state index < -0.39 is 35.8 Å². The van der Waals surface area contributed by atoms with Gasteiger partial charge >= 0.3 is 6.03 Å². The van der Waals surface area contributed by atoms with Crippen molar-refractivity contribution in [3.8, 4) is 0 Å². The summed E-state index contributed by atoms with van der Waals surface area (Å²) in [4.78, 5) is 64.5. The van der Waals surface area contributed by atoms with Gasteiger partial charge in [-0.05, 0) is 44.1 Å². The normalized spacial score (nSPS) is 21.6. The molecule has 2 heterocycles. The van der Waals surface area contributed by atoms with E-state index in [0.717, 1.165) is 37.0 Å². The molecule has 2 aliphatic rings. The van der Waals surface area contributed by atoms with Gasteiger partial charge in [-0.25, -0.2) is 9.48 Å². The largest absolute Gasteiger partial charge is 0.325 e. The summed E-state index contributed by atoms with van der Waals surface area (Å²) in [5, 5.41) is 7.74. The lowest BCUT2D eigenvalue weighted by molar-refractivity contribution is -0.136. The average molecular weight is 497 g/mol. The fourth-order valence-electron chi connectivity index (χ4n) is 4.85. The molecule has 11 nitrogen and oxygen atoms in total. The highest BCUT2D eigenvalue weighted by molar-refractivity contribution is 6.09. The van der Waals surface area contributed by atoms with Crippen LogP contribution in [0.4, 0.5) is 4.79 Å². The number of fused-ring (bicyclic) bond motifs is 1. The number of benzene rings is 1. The molecule has 1 spiro atoms. The number of carbonyl (C=O) groups excluding carboxylic acids is 4. The van der Waals surface area contributed by atoms with Crippen molar-refractivity contribution in [1.82, 2.24) is 30.8 Å². The number of imide groups is 1. The van der Waals surface area contributed by atoms with Crippen molar-refractivity contribution in [2.24, 2.45) is 5.92 Å². The summed E-state index contributed by atoms with van der Waals surface area (Å²) < 4.78 is 1.27. The lowest BCUT2D eigenvalue weighted by Crippen LogP contribution is -2.51. The van der Waals surface area contributed by atoms with E-state index in [0.29, 0.717) is 36.1 Å². The number of hydrogen-bond donors (Lipinski definition) is 3. The Morgan fingerprint density at radius 2 is 1.78 bits per heavy atom. The van der Waals surface area contributed by atoms with Gasteiger partial charge in [0.1, 0.15) is 12.1 Å². The van der Waals surface area contributed by atoms with Gasteiger partial charge in [0, 0.05) is 11.9 Å². The van der Waals surface area contributed by atoms with Crippen molar-refractivity contribution >= 4 is 34.5 Å². The number of amides is 5. The highest BCUT2D eigenvalue weighted by atomic mass is 16.2. The topological polar surface area (TPSA) is 142 Å². The van der Waals surface area contributed by atoms with Crippen LogP contribution < -0.4 is 21.7 Å². The molecule has 3 N–H and O–H groups in total. The number of rotatable bonds is 7. The van der Waals surface area contributed by atoms with Crippen molar-refractivity contribution in [3.63, 3.8) is 0 Å². The monoisotopic (exact) mass is 496 g/mol. The molecule has 4 rings (SSSR count). The van der Waals surface area contributed by atoms with E-state index in [4.69, 9.17) is 0 Å². The summed E-state index contributed by atoms with van der Waals surface area (Å²) in [6.07, 6.45) is 5.36. The van der Waals surface area contributed by atoms with Crippen molar-refractivity contribution in [1.29, 1.82) is 0 Å². The van der Waals surface area contributed by atoms with E-state index in [9.17, 15) is 24.0 Å². The summed E-state index contributed by atoms with van der Waals surface area (Å²) in [6, 6.07) is 6.04. The summed E-state index contributed by atoms with van der Waals surface area (Å²) in [7, 11) is 0. The minimum atomic E-state index is -0.943. The van der Waals surface area contributed by atoms with Crippen molar-refractivity contribution in [3.05, 3.63) is 40.3 Å². The van der Waals surface area contributed by atoms with E-state index in [1.807, 2.05) is 6.92 Å². The van der Waals surface area contributed by atoms with E-state index in [2.05, 4.69) is 28.2 Å². The Hall–Kier alpha value is -3.76. The van der Waals surface area contributed by atoms with Gasteiger partial charge < -0.3 is 5.32 Å². The summed E-state index contributed by atoms with van der Waals surface area (Å²) in [5.41, 5.74) is 3.32. The van der Waals surface area contributed by atoms with Gasteiger partial charge in [-0.3, -0.25) is 34.9 Å². The summed E-state index contributed by atoms with van der Waals surface area (Å²) in [5.74, 6) is -1.36. The molecule has 2 fully saturated rings. The molecule has 11 heteroatoms. The first-order valence-electron chi connectivity index (χ1n) is 12.5. The predicted octanol–water partition coefficient (Wildman–Crippen LogP) is 1.85. The molecule has 2 aromatic rings. The Bertz CT molecular complexity index is 1250. The van der Waals surface area contributed by atoms with Gasteiger partial charge in [0.15, 0.2) is 5.69 Å². The van der Waals surface area contributed by atoms with Crippen LogP contribution in [0.15, 0.2) is 29.1 Å². The highest BCUT2D eigenvalue weighted by Crippen LogP contribution is 2.36. The molecule has 1 saturated heterocycles. The minimum absolute atomic E-state index is 0.00716. The van der Waals surface area contributed by atoms with Crippen molar-refractivity contribution < 1.29 is 19.2 Å². The van der Waals surface area contributed by atoms with Gasteiger partial charge in [-0.15, -0.1) is 0 Å². The second-order valence-corrected chi connectivity index (χ2v) is 9.72. The average Bonchev–Trinajstić information content (AvgIpc) is 3.10. The van der Waals surface area contributed by atoms with Crippen LogP contribution in [0.25, 0.3) is 10.8 Å². The first-order chi connectivity index (χ1) is 17.3. The van der Waals surface area contributed by atoms with Gasteiger partial charge in [0.05, 0.1) is 5.39 Å². The van der Waals surface area contributed by atoms with Crippen LogP contribution in [0, 0.1) is 5.92 Å². The maximum Gasteiger partial charge on any atom is 0.325 e. The number of nitrogens with one attached hydrogen (secondary N) is 3. The van der Waals surface area contributed by atoms with E-state index in [-0.39, 0.29) is 11.3 Å². The second kappa shape index (κ2) is 10.5. The third-order valence-corrected chi connectivity index (χ3v) is 7.05. The number of aryl methyl sites for hydroxylation is 1. The Kier molecular flexibility index (Phi) is 7.37. The standard InChI is InChI=1S/C25H32N6O5/c1-3-4-7-14-31-22(34)18-9-6-5-8-17(18)20(29-31)21(33)28-27-19(32)15-30-23(35)25(26-24(30)36)12-10-16(2)11-13-25/h5-6,8-9,16H,3-4,7,10-15H2,1-2H3,(H,26,36)(H,27,32)(H,28,33). The molecule has 1 saturated carbocycles. The van der Waals surface area contributed by atoms with Crippen LogP contribution in [0.1, 0.15) is 69.3 Å². The number of unbranched alkanes of at least 4 members (excludes halogenated alkanes) is 2. The SMILES string of the molecule is CCCCCn1nc(C(=O)NNC(=O)CN2C(=O)NC3(CCC(C)CC3)C2=O)c2ccccc2c1=O. The first kappa shape index (κ1) is 25.3. The molecule has 0 atom stereocenters. The molecule has 36 heavy (non-hydrogen) atoms. The Morgan fingerprint density at radius 1 is 1.08 bits per heavy atom. The molecule has 0 bridgehead atoms.